The van der Waals surface area contributed by atoms with Gasteiger partial charge >= 0.3 is 12.2 Å². The molecule has 0 aromatic heterocycles. The van der Waals surface area contributed by atoms with Crippen LogP contribution in [0.25, 0.3) is 5.76 Å². The summed E-state index contributed by atoms with van der Waals surface area (Å²) in [6.45, 7) is 11.5. The van der Waals surface area contributed by atoms with E-state index in [-0.39, 0.29) is 0 Å². The molecule has 0 unspecified atom stereocenters. The molecule has 2 N–H and O–H groups in total. The lowest BCUT2D eigenvalue weighted by Gasteiger charge is -2.46. The number of thioether (sulfide) groups is 1. The van der Waals surface area contributed by atoms with E-state index in [4.69, 9.17) is 14.2 Å². The molecule has 1 aromatic rings. The van der Waals surface area contributed by atoms with Crippen LogP contribution in [0.2, 0.25) is 0 Å². The average molecular weight is 546 g/mol. The van der Waals surface area contributed by atoms with Crippen LogP contribution in [0.3, 0.4) is 0 Å². The summed E-state index contributed by atoms with van der Waals surface area (Å²) < 4.78 is 17.3. The van der Waals surface area contributed by atoms with E-state index in [1.54, 1.807) is 59.7 Å². The number of piperidine rings is 1. The van der Waals surface area contributed by atoms with E-state index in [9.17, 15) is 19.2 Å². The van der Waals surface area contributed by atoms with Crippen LogP contribution in [0.5, 0.6) is 0 Å². The van der Waals surface area contributed by atoms with E-state index in [1.807, 2.05) is 11.0 Å². The molecule has 0 radical (unpaired) electrons. The van der Waals surface area contributed by atoms with Gasteiger partial charge in [-0.2, -0.15) is 0 Å². The summed E-state index contributed by atoms with van der Waals surface area (Å²) in [7, 11) is 0. The highest BCUT2D eigenvalue weighted by molar-refractivity contribution is 8.04. The zero-order valence-corrected chi connectivity index (χ0v) is 23.5. The number of rotatable bonds is 3. The minimum absolute atomic E-state index is 0.356. The van der Waals surface area contributed by atoms with Crippen molar-refractivity contribution in [2.24, 2.45) is 0 Å². The number of carbonyl (C=O) groups is 4. The molecule has 4 rings (SSSR count). The standard InChI is InChI=1S/C27H35N3O7S/c1-25(2,3)36-23(33)28-22(29-24(34)37-26(4,5)6)30-13-11-27(12-14-30)15-38-21-19(32)18(31)16-9-7-8-10-17(16)20(21)35-27/h7-10,22H,11-15H2,1-6H3,(H,28,33)(H,29,34). The molecule has 1 spiro atoms. The first kappa shape index (κ1) is 28.0. The highest BCUT2D eigenvalue weighted by atomic mass is 32.2. The number of nitrogens with one attached hydrogen (secondary N) is 2. The predicted octanol–water partition coefficient (Wildman–Crippen LogP) is 4.05. The Morgan fingerprint density at radius 1 is 0.921 bits per heavy atom. The van der Waals surface area contributed by atoms with Gasteiger partial charge in [0.25, 0.3) is 0 Å². The van der Waals surface area contributed by atoms with Crippen LogP contribution in [0.15, 0.2) is 29.2 Å². The topological polar surface area (TPSA) is 123 Å². The Kier molecular flexibility index (Phi) is 7.55. The maximum atomic E-state index is 12.7. The zero-order valence-electron chi connectivity index (χ0n) is 22.6. The summed E-state index contributed by atoms with van der Waals surface area (Å²) in [4.78, 5) is 52.7. The fourth-order valence-corrected chi connectivity index (χ4v) is 5.77. The number of benzene rings is 1. The van der Waals surface area contributed by atoms with Crippen molar-refractivity contribution in [2.75, 3.05) is 18.8 Å². The maximum Gasteiger partial charge on any atom is 0.410 e. The molecule has 3 aliphatic rings. The molecule has 206 valence electrons. The van der Waals surface area contributed by atoms with Gasteiger partial charge in [0.05, 0.1) is 0 Å². The summed E-state index contributed by atoms with van der Waals surface area (Å²) in [5, 5.41) is 5.47. The van der Waals surface area contributed by atoms with E-state index < -0.39 is 46.8 Å². The molecule has 10 nitrogen and oxygen atoms in total. The van der Waals surface area contributed by atoms with Crippen LogP contribution >= 0.6 is 11.8 Å². The van der Waals surface area contributed by atoms with Crippen LogP contribution in [0.1, 0.15) is 70.3 Å². The number of alkyl carbamates (subject to hydrolysis) is 2. The molecule has 2 heterocycles. The SMILES string of the molecule is CC(C)(C)OC(=O)NC(NC(=O)OC(C)(C)C)N1CCC2(CC1)CSC1=C(O2)c2ccccc2C(=O)C1=O. The van der Waals surface area contributed by atoms with Gasteiger partial charge in [-0.15, -0.1) is 11.8 Å². The largest absolute Gasteiger partial charge is 0.484 e. The van der Waals surface area contributed by atoms with Gasteiger partial charge in [-0.05, 0) is 41.5 Å². The fraction of sp³-hybridized carbons (Fsp3) is 0.556. The fourth-order valence-electron chi connectivity index (χ4n) is 4.51. The summed E-state index contributed by atoms with van der Waals surface area (Å²) in [6.07, 6.45) is -1.05. The maximum absolute atomic E-state index is 12.7. The highest BCUT2D eigenvalue weighted by Gasteiger charge is 2.47. The van der Waals surface area contributed by atoms with Gasteiger partial charge in [0, 0.05) is 42.8 Å². The Morgan fingerprint density at radius 2 is 1.45 bits per heavy atom. The molecule has 1 aromatic carbocycles. The second kappa shape index (κ2) is 10.3. The number of nitrogens with zero attached hydrogens (tertiary/aromatic N) is 1. The minimum Gasteiger partial charge on any atom is -0.484 e. The van der Waals surface area contributed by atoms with Crippen molar-refractivity contribution in [3.05, 3.63) is 40.3 Å². The van der Waals surface area contributed by atoms with Gasteiger partial charge in [0.15, 0.2) is 6.29 Å². The Morgan fingerprint density at radius 3 is 1.97 bits per heavy atom. The molecule has 2 aliphatic heterocycles. The van der Waals surface area contributed by atoms with E-state index in [2.05, 4.69) is 10.6 Å². The Balaban J connectivity index is 1.49. The first-order chi connectivity index (χ1) is 17.7. The molecule has 2 amide bonds. The number of fused-ring (bicyclic) bond motifs is 2. The summed E-state index contributed by atoms with van der Waals surface area (Å²) in [5.74, 6) is -0.0558. The number of carbonyl (C=O) groups excluding carboxylic acids is 4. The second-order valence-corrected chi connectivity index (χ2v) is 12.7. The highest BCUT2D eigenvalue weighted by Crippen LogP contribution is 2.47. The van der Waals surface area contributed by atoms with E-state index >= 15 is 0 Å². The number of Topliss-reactive ketones (excluding diaryl/α,β-unsaturated/α-hetero) is 2. The number of amides is 2. The summed E-state index contributed by atoms with van der Waals surface area (Å²) in [5.41, 5.74) is -0.983. The number of ketones is 2. The second-order valence-electron chi connectivity index (χ2n) is 11.7. The first-order valence-corrected chi connectivity index (χ1v) is 13.6. The van der Waals surface area contributed by atoms with Gasteiger partial charge in [0.1, 0.15) is 27.5 Å². The molecular formula is C27H35N3O7S. The Bertz CT molecular complexity index is 1140. The van der Waals surface area contributed by atoms with Crippen LogP contribution in [0.4, 0.5) is 9.59 Å². The third kappa shape index (κ3) is 6.32. The average Bonchev–Trinajstić information content (AvgIpc) is 2.80. The summed E-state index contributed by atoms with van der Waals surface area (Å²) >= 11 is 1.36. The first-order valence-electron chi connectivity index (χ1n) is 12.6. The van der Waals surface area contributed by atoms with Crippen LogP contribution in [-0.2, 0) is 19.0 Å². The van der Waals surface area contributed by atoms with Crippen molar-refractivity contribution >= 4 is 41.3 Å². The smallest absolute Gasteiger partial charge is 0.410 e. The van der Waals surface area contributed by atoms with Crippen LogP contribution in [-0.4, -0.2) is 70.6 Å². The number of hydrogen-bond donors (Lipinski definition) is 2. The molecule has 1 aliphatic carbocycles. The van der Waals surface area contributed by atoms with Gasteiger partial charge < -0.3 is 14.2 Å². The van der Waals surface area contributed by atoms with E-state index in [0.717, 1.165) is 0 Å². The minimum atomic E-state index is -0.863. The Labute approximate surface area is 226 Å². The quantitative estimate of drug-likeness (QED) is 0.428. The molecule has 1 fully saturated rings. The molecule has 0 bridgehead atoms. The van der Waals surface area contributed by atoms with E-state index in [0.29, 0.717) is 53.5 Å². The molecule has 0 atom stereocenters. The third-order valence-electron chi connectivity index (χ3n) is 6.21. The van der Waals surface area contributed by atoms with Gasteiger partial charge in [-0.25, -0.2) is 9.59 Å². The molecule has 11 heteroatoms. The Hall–Kier alpha value is -3.05. The lowest BCUT2D eigenvalue weighted by Crippen LogP contribution is -2.62. The monoisotopic (exact) mass is 545 g/mol. The van der Waals surface area contributed by atoms with Gasteiger partial charge in [-0.3, -0.25) is 25.1 Å². The van der Waals surface area contributed by atoms with E-state index in [1.165, 1.54) is 11.8 Å². The molecule has 38 heavy (non-hydrogen) atoms. The number of hydrogen-bond acceptors (Lipinski definition) is 9. The molecule has 0 saturated carbocycles. The van der Waals surface area contributed by atoms with Gasteiger partial charge in [0.2, 0.25) is 11.6 Å². The normalized spacial score (nSPS) is 19.4. The molecular weight excluding hydrogens is 510 g/mol. The van der Waals surface area contributed by atoms with Crippen molar-refractivity contribution in [1.82, 2.24) is 15.5 Å². The lowest BCUT2D eigenvalue weighted by molar-refractivity contribution is -0.111. The van der Waals surface area contributed by atoms with Crippen molar-refractivity contribution in [3.63, 3.8) is 0 Å². The summed E-state index contributed by atoms with van der Waals surface area (Å²) in [6, 6.07) is 7.00. The van der Waals surface area contributed by atoms with Crippen molar-refractivity contribution < 1.29 is 33.4 Å². The lowest BCUT2D eigenvalue weighted by atomic mass is 9.90. The van der Waals surface area contributed by atoms with Crippen LogP contribution < -0.4 is 10.6 Å². The van der Waals surface area contributed by atoms with Crippen molar-refractivity contribution in [1.29, 1.82) is 0 Å². The van der Waals surface area contributed by atoms with Crippen molar-refractivity contribution in [2.45, 2.75) is 77.5 Å². The predicted molar refractivity (Wildman–Crippen MR) is 142 cm³/mol. The zero-order chi connectivity index (χ0) is 27.9. The molecule has 1 saturated heterocycles. The van der Waals surface area contributed by atoms with Crippen molar-refractivity contribution in [3.8, 4) is 0 Å². The third-order valence-corrected chi connectivity index (χ3v) is 7.54. The number of ether oxygens (including phenoxy) is 3. The van der Waals surface area contributed by atoms with Crippen LogP contribution in [0, 0.1) is 0 Å². The number of likely N-dealkylation sites (tertiary alicyclic amines) is 1. The number of allylic oxidation sites excluding steroid dienone is 1. The van der Waals surface area contributed by atoms with Gasteiger partial charge in [-0.1, -0.05) is 24.3 Å².